The third-order valence-electron chi connectivity index (χ3n) is 3.13. The Labute approximate surface area is 106 Å². The zero-order valence-corrected chi connectivity index (χ0v) is 11.2. The van der Waals surface area contributed by atoms with Crippen molar-refractivity contribution in [1.82, 2.24) is 10.2 Å². The summed E-state index contributed by atoms with van der Waals surface area (Å²) in [5.74, 6) is 1.03. The highest BCUT2D eigenvalue weighted by Gasteiger charge is 2.19. The van der Waals surface area contributed by atoms with Crippen LogP contribution in [0.3, 0.4) is 0 Å². The van der Waals surface area contributed by atoms with Gasteiger partial charge in [-0.3, -0.25) is 4.79 Å². The van der Waals surface area contributed by atoms with E-state index in [0.29, 0.717) is 23.4 Å². The Morgan fingerprint density at radius 2 is 2.12 bits per heavy atom. The predicted molar refractivity (Wildman–Crippen MR) is 69.2 cm³/mol. The molecule has 1 aromatic rings. The molecule has 1 N–H and O–H groups in total. The van der Waals surface area contributed by atoms with Crippen molar-refractivity contribution in [2.45, 2.75) is 51.9 Å². The lowest BCUT2D eigenvalue weighted by Gasteiger charge is -2.06. The molecule has 1 saturated carbocycles. The summed E-state index contributed by atoms with van der Waals surface area (Å²) in [6, 6.07) is 0. The maximum atomic E-state index is 11.8. The lowest BCUT2D eigenvalue weighted by atomic mass is 10.0. The van der Waals surface area contributed by atoms with E-state index in [-0.39, 0.29) is 5.91 Å². The minimum atomic E-state index is 0.0864. The molecule has 0 radical (unpaired) electrons. The van der Waals surface area contributed by atoms with Crippen LogP contribution in [0.15, 0.2) is 0 Å². The molecular weight excluding hydrogens is 234 g/mol. The number of hydrogen-bond acceptors (Lipinski definition) is 4. The highest BCUT2D eigenvalue weighted by atomic mass is 32.1. The molecule has 1 aliphatic rings. The molecule has 1 fully saturated rings. The molecule has 1 aromatic heterocycles. The average molecular weight is 253 g/mol. The SMILES string of the molecule is CC(C)c1nnc(NC(=O)CC2CCCC2)s1. The minimum absolute atomic E-state index is 0.0864. The van der Waals surface area contributed by atoms with E-state index in [1.54, 1.807) is 0 Å². The van der Waals surface area contributed by atoms with Gasteiger partial charge in [-0.1, -0.05) is 38.0 Å². The van der Waals surface area contributed by atoms with Crippen LogP contribution in [0, 0.1) is 5.92 Å². The number of carbonyl (C=O) groups is 1. The fourth-order valence-electron chi connectivity index (χ4n) is 2.17. The monoisotopic (exact) mass is 253 g/mol. The molecule has 0 unspecified atom stereocenters. The maximum Gasteiger partial charge on any atom is 0.226 e. The van der Waals surface area contributed by atoms with Crippen molar-refractivity contribution in [3.05, 3.63) is 5.01 Å². The van der Waals surface area contributed by atoms with Crippen LogP contribution in [-0.2, 0) is 4.79 Å². The molecule has 2 rings (SSSR count). The highest BCUT2D eigenvalue weighted by Crippen LogP contribution is 2.28. The molecule has 0 saturated heterocycles. The quantitative estimate of drug-likeness (QED) is 0.896. The highest BCUT2D eigenvalue weighted by molar-refractivity contribution is 7.15. The second kappa shape index (κ2) is 5.58. The Balaban J connectivity index is 1.84. The molecule has 0 aliphatic heterocycles. The largest absolute Gasteiger partial charge is 0.301 e. The number of nitrogens with zero attached hydrogens (tertiary/aromatic N) is 2. The van der Waals surface area contributed by atoms with Gasteiger partial charge in [0, 0.05) is 12.3 Å². The summed E-state index contributed by atoms with van der Waals surface area (Å²) in [5.41, 5.74) is 0. The van der Waals surface area contributed by atoms with Crippen LogP contribution >= 0.6 is 11.3 Å². The Hall–Kier alpha value is -0.970. The van der Waals surface area contributed by atoms with Gasteiger partial charge in [0.05, 0.1) is 0 Å². The summed E-state index contributed by atoms with van der Waals surface area (Å²) >= 11 is 1.47. The van der Waals surface area contributed by atoms with Crippen molar-refractivity contribution in [2.75, 3.05) is 5.32 Å². The van der Waals surface area contributed by atoms with Gasteiger partial charge in [-0.25, -0.2) is 0 Å². The van der Waals surface area contributed by atoms with Gasteiger partial charge in [0.2, 0.25) is 11.0 Å². The van der Waals surface area contributed by atoms with E-state index in [9.17, 15) is 4.79 Å². The third kappa shape index (κ3) is 3.49. The second-order valence-electron chi connectivity index (χ2n) is 5.00. The van der Waals surface area contributed by atoms with Crippen molar-refractivity contribution in [3.8, 4) is 0 Å². The van der Waals surface area contributed by atoms with Gasteiger partial charge in [-0.2, -0.15) is 0 Å². The Kier molecular flexibility index (Phi) is 4.10. The van der Waals surface area contributed by atoms with Gasteiger partial charge in [0.25, 0.3) is 0 Å². The first-order valence-corrected chi connectivity index (χ1v) is 7.10. The van der Waals surface area contributed by atoms with E-state index in [4.69, 9.17) is 0 Å². The summed E-state index contributed by atoms with van der Waals surface area (Å²) in [4.78, 5) is 11.8. The fourth-order valence-corrected chi connectivity index (χ4v) is 2.93. The number of rotatable bonds is 4. The number of nitrogens with one attached hydrogen (secondary N) is 1. The molecule has 5 heteroatoms. The number of carbonyl (C=O) groups excluding carboxylic acids is 1. The van der Waals surface area contributed by atoms with Crippen LogP contribution in [-0.4, -0.2) is 16.1 Å². The summed E-state index contributed by atoms with van der Waals surface area (Å²) in [7, 11) is 0. The standard InChI is InChI=1S/C12H19N3OS/c1-8(2)11-14-15-12(17-11)13-10(16)7-9-5-3-4-6-9/h8-9H,3-7H2,1-2H3,(H,13,15,16). The molecule has 0 spiro atoms. The van der Waals surface area contributed by atoms with Crippen molar-refractivity contribution in [2.24, 2.45) is 5.92 Å². The summed E-state index contributed by atoms with van der Waals surface area (Å²) < 4.78 is 0. The number of aromatic nitrogens is 2. The number of anilines is 1. The van der Waals surface area contributed by atoms with Gasteiger partial charge in [0.1, 0.15) is 5.01 Å². The van der Waals surface area contributed by atoms with Crippen LogP contribution in [0.2, 0.25) is 0 Å². The molecule has 94 valence electrons. The van der Waals surface area contributed by atoms with Gasteiger partial charge in [0.15, 0.2) is 0 Å². The van der Waals surface area contributed by atoms with Crippen molar-refractivity contribution in [1.29, 1.82) is 0 Å². The van der Waals surface area contributed by atoms with Gasteiger partial charge < -0.3 is 5.32 Å². The van der Waals surface area contributed by atoms with E-state index in [2.05, 4.69) is 29.4 Å². The topological polar surface area (TPSA) is 54.9 Å². The Bertz CT molecular complexity index is 383. The Morgan fingerprint density at radius 3 is 2.71 bits per heavy atom. The smallest absolute Gasteiger partial charge is 0.226 e. The average Bonchev–Trinajstić information content (AvgIpc) is 2.88. The minimum Gasteiger partial charge on any atom is -0.301 e. The molecule has 1 heterocycles. The lowest BCUT2D eigenvalue weighted by molar-refractivity contribution is -0.117. The van der Waals surface area contributed by atoms with Crippen LogP contribution in [0.5, 0.6) is 0 Å². The molecular formula is C12H19N3OS. The molecule has 0 aromatic carbocycles. The van der Waals surface area contributed by atoms with Crippen LogP contribution in [0.25, 0.3) is 0 Å². The zero-order valence-electron chi connectivity index (χ0n) is 10.4. The summed E-state index contributed by atoms with van der Waals surface area (Å²) in [6.07, 6.45) is 5.57. The van der Waals surface area contributed by atoms with Crippen molar-refractivity contribution in [3.63, 3.8) is 0 Å². The number of amides is 1. The molecule has 17 heavy (non-hydrogen) atoms. The predicted octanol–water partition coefficient (Wildman–Crippen LogP) is 3.18. The summed E-state index contributed by atoms with van der Waals surface area (Å²) in [5, 5.41) is 12.5. The lowest BCUT2D eigenvalue weighted by Crippen LogP contribution is -2.14. The third-order valence-corrected chi connectivity index (χ3v) is 4.27. The normalized spacial score (nSPS) is 16.6. The van der Waals surface area contributed by atoms with Crippen molar-refractivity contribution < 1.29 is 4.79 Å². The van der Waals surface area contributed by atoms with E-state index in [1.807, 2.05) is 0 Å². The van der Waals surface area contributed by atoms with E-state index in [1.165, 1.54) is 37.0 Å². The van der Waals surface area contributed by atoms with E-state index < -0.39 is 0 Å². The number of hydrogen-bond donors (Lipinski definition) is 1. The molecule has 4 nitrogen and oxygen atoms in total. The molecule has 1 amide bonds. The Morgan fingerprint density at radius 1 is 1.41 bits per heavy atom. The molecule has 0 bridgehead atoms. The second-order valence-corrected chi connectivity index (χ2v) is 6.01. The fraction of sp³-hybridized carbons (Fsp3) is 0.750. The van der Waals surface area contributed by atoms with Gasteiger partial charge in [-0.15, -0.1) is 10.2 Å². The first-order chi connectivity index (χ1) is 8.15. The van der Waals surface area contributed by atoms with Crippen LogP contribution in [0.1, 0.15) is 56.9 Å². The first kappa shape index (κ1) is 12.5. The van der Waals surface area contributed by atoms with Crippen LogP contribution < -0.4 is 5.32 Å². The zero-order chi connectivity index (χ0) is 12.3. The van der Waals surface area contributed by atoms with Gasteiger partial charge >= 0.3 is 0 Å². The molecule has 0 atom stereocenters. The maximum absolute atomic E-state index is 11.8. The van der Waals surface area contributed by atoms with E-state index >= 15 is 0 Å². The van der Waals surface area contributed by atoms with Gasteiger partial charge in [-0.05, 0) is 18.8 Å². The molecule has 1 aliphatic carbocycles. The van der Waals surface area contributed by atoms with E-state index in [0.717, 1.165) is 5.01 Å². The summed E-state index contributed by atoms with van der Waals surface area (Å²) in [6.45, 7) is 4.15. The van der Waals surface area contributed by atoms with Crippen molar-refractivity contribution >= 4 is 22.4 Å². The first-order valence-electron chi connectivity index (χ1n) is 6.28. The van der Waals surface area contributed by atoms with Crippen LogP contribution in [0.4, 0.5) is 5.13 Å².